The first-order valence-corrected chi connectivity index (χ1v) is 7.73. The highest BCUT2D eigenvalue weighted by Crippen LogP contribution is 2.30. The first-order valence-electron chi connectivity index (χ1n) is 6.94. The van der Waals surface area contributed by atoms with Crippen molar-refractivity contribution in [2.75, 3.05) is 0 Å². The van der Waals surface area contributed by atoms with Crippen LogP contribution in [0.25, 0.3) is 6.08 Å². The Bertz CT molecular complexity index is 876. The van der Waals surface area contributed by atoms with Gasteiger partial charge in [0, 0.05) is 10.0 Å². The molecular weight excluding hydrogens is 397 g/mol. The molecule has 2 rings (SSSR count). The molecular formula is C18H10BrF3N2O. The lowest BCUT2D eigenvalue weighted by atomic mass is 10.1. The van der Waals surface area contributed by atoms with E-state index in [4.69, 9.17) is 15.3 Å². The third-order valence-electron chi connectivity index (χ3n) is 3.16. The van der Waals surface area contributed by atoms with Gasteiger partial charge in [-0.15, -0.1) is 0 Å². The minimum atomic E-state index is -4.42. The van der Waals surface area contributed by atoms with E-state index in [0.717, 1.165) is 12.1 Å². The van der Waals surface area contributed by atoms with Crippen LogP contribution in [0.5, 0.6) is 5.75 Å². The zero-order chi connectivity index (χ0) is 18.4. The number of hydrogen-bond donors (Lipinski definition) is 0. The molecule has 0 aliphatic heterocycles. The predicted molar refractivity (Wildman–Crippen MR) is 89.1 cm³/mol. The van der Waals surface area contributed by atoms with Crippen LogP contribution in [0.4, 0.5) is 13.2 Å². The number of rotatable bonds is 4. The molecule has 2 aromatic rings. The Morgan fingerprint density at radius 3 is 2.48 bits per heavy atom. The Labute approximate surface area is 150 Å². The van der Waals surface area contributed by atoms with Gasteiger partial charge in [0.25, 0.3) is 0 Å². The van der Waals surface area contributed by atoms with Crippen molar-refractivity contribution >= 4 is 22.0 Å². The maximum absolute atomic E-state index is 12.7. The molecule has 0 atom stereocenters. The number of hydrogen-bond acceptors (Lipinski definition) is 3. The van der Waals surface area contributed by atoms with E-state index >= 15 is 0 Å². The molecule has 0 aromatic heterocycles. The molecule has 0 saturated carbocycles. The number of benzene rings is 2. The van der Waals surface area contributed by atoms with Crippen molar-refractivity contribution < 1.29 is 17.9 Å². The number of halogens is 4. The van der Waals surface area contributed by atoms with Crippen molar-refractivity contribution in [2.24, 2.45) is 0 Å². The van der Waals surface area contributed by atoms with E-state index < -0.39 is 11.7 Å². The summed E-state index contributed by atoms with van der Waals surface area (Å²) in [6.45, 7) is -0.0825. The van der Waals surface area contributed by atoms with E-state index in [1.54, 1.807) is 30.3 Å². The first kappa shape index (κ1) is 18.6. The van der Waals surface area contributed by atoms with E-state index in [1.807, 2.05) is 0 Å². The minimum Gasteiger partial charge on any atom is -0.488 e. The highest BCUT2D eigenvalue weighted by Gasteiger charge is 2.30. The van der Waals surface area contributed by atoms with Crippen LogP contribution in [-0.4, -0.2) is 0 Å². The van der Waals surface area contributed by atoms with Gasteiger partial charge in [-0.05, 0) is 42.0 Å². The average molecular weight is 407 g/mol. The van der Waals surface area contributed by atoms with Crippen molar-refractivity contribution in [3.63, 3.8) is 0 Å². The van der Waals surface area contributed by atoms with Crippen molar-refractivity contribution in [1.82, 2.24) is 0 Å². The Morgan fingerprint density at radius 2 is 1.84 bits per heavy atom. The summed E-state index contributed by atoms with van der Waals surface area (Å²) < 4.78 is 44.5. The smallest absolute Gasteiger partial charge is 0.416 e. The van der Waals surface area contributed by atoms with Crippen LogP contribution < -0.4 is 4.74 Å². The molecule has 25 heavy (non-hydrogen) atoms. The second-order valence-electron chi connectivity index (χ2n) is 4.95. The van der Waals surface area contributed by atoms with Crippen molar-refractivity contribution in [3.8, 4) is 17.9 Å². The molecule has 0 heterocycles. The topological polar surface area (TPSA) is 56.8 Å². The molecule has 0 N–H and O–H groups in total. The summed E-state index contributed by atoms with van der Waals surface area (Å²) in [5.41, 5.74) is -0.0318. The SMILES string of the molecule is N#CC(C#N)=Cc1cc(Br)ccc1OCc1cccc(C(F)(F)F)c1. The summed E-state index contributed by atoms with van der Waals surface area (Å²) in [5.74, 6) is 0.351. The summed E-state index contributed by atoms with van der Waals surface area (Å²) in [5, 5.41) is 17.7. The standard InChI is InChI=1S/C18H10BrF3N2O/c19-16-4-5-17(14(8-16)6-13(9-23)10-24)25-11-12-2-1-3-15(7-12)18(20,21)22/h1-8H,11H2. The highest BCUT2D eigenvalue weighted by atomic mass is 79.9. The summed E-state index contributed by atoms with van der Waals surface area (Å²) >= 11 is 3.28. The number of alkyl halides is 3. The monoisotopic (exact) mass is 406 g/mol. The van der Waals surface area contributed by atoms with E-state index in [0.29, 0.717) is 21.3 Å². The van der Waals surface area contributed by atoms with Gasteiger partial charge in [-0.25, -0.2) is 0 Å². The molecule has 0 saturated heterocycles. The van der Waals surface area contributed by atoms with Gasteiger partial charge in [0.2, 0.25) is 0 Å². The van der Waals surface area contributed by atoms with Gasteiger partial charge in [-0.1, -0.05) is 28.1 Å². The lowest BCUT2D eigenvalue weighted by Gasteiger charge is -2.12. The zero-order valence-electron chi connectivity index (χ0n) is 12.6. The van der Waals surface area contributed by atoms with Crippen LogP contribution in [0.1, 0.15) is 16.7 Å². The van der Waals surface area contributed by atoms with Gasteiger partial charge in [-0.3, -0.25) is 0 Å². The van der Waals surface area contributed by atoms with Crippen LogP contribution in [0.3, 0.4) is 0 Å². The van der Waals surface area contributed by atoms with Gasteiger partial charge in [-0.2, -0.15) is 23.7 Å². The number of ether oxygens (including phenoxy) is 1. The minimum absolute atomic E-state index is 0.0825. The van der Waals surface area contributed by atoms with Gasteiger partial charge in [0.05, 0.1) is 5.56 Å². The molecule has 0 aliphatic carbocycles. The van der Waals surface area contributed by atoms with Crippen LogP contribution in [0.15, 0.2) is 52.5 Å². The van der Waals surface area contributed by atoms with Crippen LogP contribution in [-0.2, 0) is 12.8 Å². The highest BCUT2D eigenvalue weighted by molar-refractivity contribution is 9.10. The number of allylic oxidation sites excluding steroid dienone is 1. The van der Waals surface area contributed by atoms with Crippen LogP contribution >= 0.6 is 15.9 Å². The summed E-state index contributed by atoms with van der Waals surface area (Å²) in [6.07, 6.45) is -3.07. The van der Waals surface area contributed by atoms with E-state index in [1.165, 1.54) is 18.2 Å². The molecule has 0 amide bonds. The van der Waals surface area contributed by atoms with Crippen molar-refractivity contribution in [2.45, 2.75) is 12.8 Å². The van der Waals surface area contributed by atoms with Crippen molar-refractivity contribution in [3.05, 3.63) is 69.2 Å². The van der Waals surface area contributed by atoms with Crippen LogP contribution in [0.2, 0.25) is 0 Å². The second kappa shape index (κ2) is 7.87. The Morgan fingerprint density at radius 1 is 1.12 bits per heavy atom. The molecule has 0 fully saturated rings. The maximum Gasteiger partial charge on any atom is 0.416 e. The van der Waals surface area contributed by atoms with Gasteiger partial charge < -0.3 is 4.74 Å². The molecule has 126 valence electrons. The summed E-state index contributed by atoms with van der Waals surface area (Å²) in [4.78, 5) is 0. The quantitative estimate of drug-likeness (QED) is 0.631. The molecule has 0 radical (unpaired) electrons. The normalized spacial score (nSPS) is 10.5. The molecule has 0 spiro atoms. The fraction of sp³-hybridized carbons (Fsp3) is 0.111. The van der Waals surface area contributed by atoms with Crippen LogP contribution in [0, 0.1) is 22.7 Å². The molecule has 2 aromatic carbocycles. The fourth-order valence-corrected chi connectivity index (χ4v) is 2.39. The second-order valence-corrected chi connectivity index (χ2v) is 5.87. The Kier molecular flexibility index (Phi) is 5.84. The molecule has 0 bridgehead atoms. The van der Waals surface area contributed by atoms with Gasteiger partial charge in [0.1, 0.15) is 30.1 Å². The van der Waals surface area contributed by atoms with Gasteiger partial charge >= 0.3 is 6.18 Å². The average Bonchev–Trinajstić information content (AvgIpc) is 2.58. The molecule has 3 nitrogen and oxygen atoms in total. The van der Waals surface area contributed by atoms with E-state index in [-0.39, 0.29) is 12.2 Å². The van der Waals surface area contributed by atoms with Crippen molar-refractivity contribution in [1.29, 1.82) is 10.5 Å². The first-order chi connectivity index (χ1) is 11.8. The number of nitriles is 2. The van der Waals surface area contributed by atoms with E-state index in [9.17, 15) is 13.2 Å². The Balaban J connectivity index is 2.26. The fourth-order valence-electron chi connectivity index (χ4n) is 2.01. The maximum atomic E-state index is 12.7. The summed E-state index contributed by atoms with van der Waals surface area (Å²) in [7, 11) is 0. The molecule has 7 heteroatoms. The molecule has 0 aliphatic rings. The zero-order valence-corrected chi connectivity index (χ0v) is 14.2. The molecule has 0 unspecified atom stereocenters. The lowest BCUT2D eigenvalue weighted by molar-refractivity contribution is -0.137. The third kappa shape index (κ3) is 5.10. The largest absolute Gasteiger partial charge is 0.488 e. The van der Waals surface area contributed by atoms with E-state index in [2.05, 4.69) is 15.9 Å². The Hall–Kier alpha value is -2.77. The predicted octanol–water partition coefficient (Wildman–Crippen LogP) is 5.48. The number of nitrogens with zero attached hydrogens (tertiary/aromatic N) is 2. The summed E-state index contributed by atoms with van der Waals surface area (Å²) in [6, 6.07) is 13.3. The third-order valence-corrected chi connectivity index (χ3v) is 3.65. The van der Waals surface area contributed by atoms with Gasteiger partial charge in [0.15, 0.2) is 0 Å². The lowest BCUT2D eigenvalue weighted by Crippen LogP contribution is -2.06.